The zero-order chi connectivity index (χ0) is 17.3. The number of rotatable bonds is 2. The summed E-state index contributed by atoms with van der Waals surface area (Å²) in [5, 5.41) is 6.81. The predicted octanol–water partition coefficient (Wildman–Crippen LogP) is 3.33. The van der Waals surface area contributed by atoms with Gasteiger partial charge in [0.15, 0.2) is 5.82 Å². The summed E-state index contributed by atoms with van der Waals surface area (Å²) in [7, 11) is 0. The normalized spacial score (nSPS) is 17.4. The van der Waals surface area contributed by atoms with Gasteiger partial charge >= 0.3 is 6.03 Å². The predicted molar refractivity (Wildman–Crippen MR) is 89.0 cm³/mol. The van der Waals surface area contributed by atoms with Gasteiger partial charge < -0.3 is 14.7 Å². The van der Waals surface area contributed by atoms with Crippen LogP contribution in [0.2, 0.25) is 0 Å². The van der Waals surface area contributed by atoms with Gasteiger partial charge in [-0.2, -0.15) is 4.98 Å². The molecular formula is C17H30N4O2. The van der Waals surface area contributed by atoms with Crippen LogP contribution in [0.25, 0.3) is 0 Å². The van der Waals surface area contributed by atoms with Gasteiger partial charge in [-0.3, -0.25) is 0 Å². The summed E-state index contributed by atoms with van der Waals surface area (Å²) in [4.78, 5) is 18.5. The molecule has 0 radical (unpaired) electrons. The summed E-state index contributed by atoms with van der Waals surface area (Å²) in [6, 6.07) is -0.0422. The van der Waals surface area contributed by atoms with E-state index in [0.717, 1.165) is 25.9 Å². The number of nitrogens with zero attached hydrogens (tertiary/aromatic N) is 3. The van der Waals surface area contributed by atoms with Crippen LogP contribution in [0.3, 0.4) is 0 Å². The van der Waals surface area contributed by atoms with Gasteiger partial charge in [0.05, 0.1) is 6.54 Å². The fraction of sp³-hybridized carbons (Fsp3) is 0.824. The minimum atomic E-state index is -0.176. The van der Waals surface area contributed by atoms with E-state index in [2.05, 4.69) is 36.2 Å². The van der Waals surface area contributed by atoms with E-state index in [9.17, 15) is 4.79 Å². The van der Waals surface area contributed by atoms with E-state index in [4.69, 9.17) is 4.52 Å². The largest absolute Gasteiger partial charge is 0.339 e. The second-order valence-electron chi connectivity index (χ2n) is 8.55. The maximum atomic E-state index is 12.3. The highest BCUT2D eigenvalue weighted by Gasteiger charge is 2.30. The maximum Gasteiger partial charge on any atom is 0.317 e. The van der Waals surface area contributed by atoms with Crippen LogP contribution in [-0.4, -0.2) is 34.2 Å². The average Bonchev–Trinajstić information content (AvgIpc) is 2.93. The van der Waals surface area contributed by atoms with Crippen molar-refractivity contribution in [3.05, 3.63) is 11.7 Å². The molecule has 0 saturated carbocycles. The van der Waals surface area contributed by atoms with Gasteiger partial charge in [0.25, 0.3) is 0 Å². The van der Waals surface area contributed by atoms with E-state index < -0.39 is 0 Å². The molecule has 2 rings (SSSR count). The van der Waals surface area contributed by atoms with E-state index in [0.29, 0.717) is 29.6 Å². The second-order valence-corrected chi connectivity index (χ2v) is 8.55. The van der Waals surface area contributed by atoms with Gasteiger partial charge in [-0.15, -0.1) is 0 Å². The van der Waals surface area contributed by atoms with Gasteiger partial charge in [0.2, 0.25) is 5.89 Å². The Morgan fingerprint density at radius 1 is 1.22 bits per heavy atom. The molecule has 6 heteroatoms. The summed E-state index contributed by atoms with van der Waals surface area (Å²) in [5.74, 6) is 1.79. The highest BCUT2D eigenvalue weighted by Crippen LogP contribution is 2.34. The van der Waals surface area contributed by atoms with Crippen LogP contribution in [-0.2, 0) is 12.0 Å². The number of amides is 2. The molecule has 1 aromatic rings. The highest BCUT2D eigenvalue weighted by atomic mass is 16.5. The molecule has 6 nitrogen and oxygen atoms in total. The molecule has 1 aliphatic rings. The van der Waals surface area contributed by atoms with Gasteiger partial charge in [-0.05, 0) is 24.2 Å². The Labute approximate surface area is 139 Å². The number of hydrogen-bond acceptors (Lipinski definition) is 4. The van der Waals surface area contributed by atoms with E-state index >= 15 is 0 Å². The van der Waals surface area contributed by atoms with Crippen molar-refractivity contribution < 1.29 is 9.32 Å². The second kappa shape index (κ2) is 6.49. The number of piperidine rings is 1. The van der Waals surface area contributed by atoms with Gasteiger partial charge in [-0.25, -0.2) is 4.79 Å². The van der Waals surface area contributed by atoms with E-state index in [1.165, 1.54) is 0 Å². The number of hydrogen-bond donors (Lipinski definition) is 1. The van der Waals surface area contributed by atoms with E-state index in [1.54, 1.807) is 0 Å². The fourth-order valence-electron chi connectivity index (χ4n) is 2.85. The lowest BCUT2D eigenvalue weighted by atomic mass is 9.75. The topological polar surface area (TPSA) is 71.3 Å². The number of carbonyl (C=O) groups is 1. The Morgan fingerprint density at radius 3 is 2.30 bits per heavy atom. The third-order valence-corrected chi connectivity index (χ3v) is 4.51. The summed E-state index contributed by atoms with van der Waals surface area (Å²) < 4.78 is 5.23. The van der Waals surface area contributed by atoms with Crippen molar-refractivity contribution in [1.82, 2.24) is 20.4 Å². The molecule has 130 valence electrons. The minimum Gasteiger partial charge on any atom is -0.339 e. The van der Waals surface area contributed by atoms with Crippen molar-refractivity contribution in [1.29, 1.82) is 0 Å². The Balaban J connectivity index is 1.81. The van der Waals surface area contributed by atoms with Gasteiger partial charge in [-0.1, -0.05) is 46.7 Å². The average molecular weight is 322 g/mol. The monoisotopic (exact) mass is 322 g/mol. The summed E-state index contributed by atoms with van der Waals surface area (Å²) >= 11 is 0. The molecule has 1 N–H and O–H groups in total. The van der Waals surface area contributed by atoms with Crippen LogP contribution in [0.5, 0.6) is 0 Å². The van der Waals surface area contributed by atoms with Crippen molar-refractivity contribution in [2.45, 2.75) is 66.3 Å². The lowest BCUT2D eigenvalue weighted by molar-refractivity contribution is 0.121. The molecule has 1 fully saturated rings. The Kier molecular flexibility index (Phi) is 5.01. The lowest BCUT2D eigenvalue weighted by Crippen LogP contribution is -2.46. The number of likely N-dealkylation sites (tertiary alicyclic amines) is 1. The number of carbonyl (C=O) groups excluding carboxylic acids is 1. The summed E-state index contributed by atoms with van der Waals surface area (Å²) in [6.45, 7) is 14.8. The molecule has 23 heavy (non-hydrogen) atoms. The van der Waals surface area contributed by atoms with Crippen LogP contribution >= 0.6 is 0 Å². The van der Waals surface area contributed by atoms with Crippen molar-refractivity contribution >= 4 is 6.03 Å². The summed E-state index contributed by atoms with van der Waals surface area (Å²) in [5.41, 5.74) is 0.140. The first-order valence-corrected chi connectivity index (χ1v) is 8.43. The fourth-order valence-corrected chi connectivity index (χ4v) is 2.85. The quantitative estimate of drug-likeness (QED) is 0.906. The molecule has 1 aliphatic heterocycles. The van der Waals surface area contributed by atoms with Crippen molar-refractivity contribution in [2.75, 3.05) is 13.1 Å². The Bertz CT molecular complexity index is 532. The zero-order valence-corrected chi connectivity index (χ0v) is 15.3. The van der Waals surface area contributed by atoms with Crippen LogP contribution in [0.15, 0.2) is 4.52 Å². The molecule has 0 atom stereocenters. The van der Waals surface area contributed by atoms with Crippen LogP contribution in [0, 0.1) is 11.3 Å². The van der Waals surface area contributed by atoms with Crippen LogP contribution < -0.4 is 5.32 Å². The molecule has 1 saturated heterocycles. The van der Waals surface area contributed by atoms with E-state index in [-0.39, 0.29) is 11.4 Å². The van der Waals surface area contributed by atoms with Crippen LogP contribution in [0.1, 0.15) is 66.1 Å². The highest BCUT2D eigenvalue weighted by molar-refractivity contribution is 5.74. The third-order valence-electron chi connectivity index (χ3n) is 4.51. The first-order chi connectivity index (χ1) is 10.6. The van der Waals surface area contributed by atoms with Crippen molar-refractivity contribution in [2.24, 2.45) is 11.3 Å². The molecule has 0 spiro atoms. The SMILES string of the molecule is CC(C)(C)c1nc(CNC(=O)N2CCC(C(C)(C)C)CC2)no1. The molecule has 0 aromatic carbocycles. The molecule has 0 bridgehead atoms. The molecule has 1 aromatic heterocycles. The van der Waals surface area contributed by atoms with Gasteiger partial charge in [0, 0.05) is 18.5 Å². The molecule has 2 heterocycles. The van der Waals surface area contributed by atoms with Crippen molar-refractivity contribution in [3.8, 4) is 0 Å². The Morgan fingerprint density at radius 2 is 1.83 bits per heavy atom. The Hall–Kier alpha value is -1.59. The number of urea groups is 1. The maximum absolute atomic E-state index is 12.3. The molecular weight excluding hydrogens is 292 g/mol. The van der Waals surface area contributed by atoms with Crippen molar-refractivity contribution in [3.63, 3.8) is 0 Å². The first kappa shape index (κ1) is 17.8. The van der Waals surface area contributed by atoms with Gasteiger partial charge in [0.1, 0.15) is 0 Å². The lowest BCUT2D eigenvalue weighted by Gasteiger charge is -2.38. The standard InChI is InChI=1S/C17H30N4O2/c1-16(2,3)12-7-9-21(10-8-12)15(22)18-11-13-19-14(23-20-13)17(4,5)6/h12H,7-11H2,1-6H3,(H,18,22). The molecule has 2 amide bonds. The summed E-state index contributed by atoms with van der Waals surface area (Å²) in [6.07, 6.45) is 2.13. The molecule has 0 unspecified atom stereocenters. The van der Waals surface area contributed by atoms with Crippen LogP contribution in [0.4, 0.5) is 4.79 Å². The minimum absolute atomic E-state index is 0.0422. The third kappa shape index (κ3) is 4.69. The first-order valence-electron chi connectivity index (χ1n) is 8.43. The number of aromatic nitrogens is 2. The molecule has 0 aliphatic carbocycles. The smallest absolute Gasteiger partial charge is 0.317 e. The zero-order valence-electron chi connectivity index (χ0n) is 15.3. The number of nitrogens with one attached hydrogen (secondary N) is 1. The van der Waals surface area contributed by atoms with E-state index in [1.807, 2.05) is 25.7 Å².